The molecule has 16 heavy (non-hydrogen) atoms. The molecule has 0 saturated heterocycles. The Bertz CT molecular complexity index is 215. The molecule has 1 amide bonds. The molecule has 0 radical (unpaired) electrons. The smallest absolute Gasteiger partial charge is 0.221 e. The summed E-state index contributed by atoms with van der Waals surface area (Å²) in [6.07, 6.45) is 5.53. The van der Waals surface area contributed by atoms with Crippen LogP contribution >= 0.6 is 0 Å². The van der Waals surface area contributed by atoms with Crippen molar-refractivity contribution in [1.29, 1.82) is 0 Å². The zero-order valence-electron chi connectivity index (χ0n) is 10.3. The van der Waals surface area contributed by atoms with E-state index in [1.165, 1.54) is 0 Å². The van der Waals surface area contributed by atoms with Crippen LogP contribution in [0.4, 0.5) is 0 Å². The Morgan fingerprint density at radius 1 is 1.44 bits per heavy atom. The van der Waals surface area contributed by atoms with Gasteiger partial charge in [-0.2, -0.15) is 0 Å². The molecule has 94 valence electrons. The van der Waals surface area contributed by atoms with Crippen LogP contribution in [0.3, 0.4) is 0 Å². The number of carbonyl (C=O) groups is 1. The average molecular weight is 228 g/mol. The molecule has 4 nitrogen and oxygen atoms in total. The lowest BCUT2D eigenvalue weighted by molar-refractivity contribution is -0.123. The van der Waals surface area contributed by atoms with E-state index in [0.29, 0.717) is 13.0 Å². The molecule has 0 unspecified atom stereocenters. The molecular formula is C12H24N2O2. The Labute approximate surface area is 97.9 Å². The Hall–Kier alpha value is -0.610. The van der Waals surface area contributed by atoms with Crippen LogP contribution in [-0.4, -0.2) is 31.2 Å². The summed E-state index contributed by atoms with van der Waals surface area (Å²) in [6, 6.07) is 0. The molecule has 0 aromatic heterocycles. The van der Waals surface area contributed by atoms with E-state index >= 15 is 0 Å². The molecule has 3 N–H and O–H groups in total. The van der Waals surface area contributed by atoms with Crippen molar-refractivity contribution in [3.63, 3.8) is 0 Å². The van der Waals surface area contributed by atoms with Gasteiger partial charge in [0.05, 0.1) is 0 Å². The molecule has 1 saturated carbocycles. The Kier molecular flexibility index (Phi) is 5.77. The number of amides is 1. The highest BCUT2D eigenvalue weighted by molar-refractivity contribution is 5.77. The normalized spacial score (nSPS) is 17.9. The first-order chi connectivity index (χ1) is 7.66. The minimum Gasteiger partial charge on any atom is -0.381 e. The summed E-state index contributed by atoms with van der Waals surface area (Å²) in [5.41, 5.74) is 5.78. The molecule has 0 spiro atoms. The molecule has 0 heterocycles. The number of rotatable bonds is 8. The van der Waals surface area contributed by atoms with Crippen LogP contribution in [0.2, 0.25) is 0 Å². The van der Waals surface area contributed by atoms with E-state index in [4.69, 9.17) is 10.5 Å². The van der Waals surface area contributed by atoms with E-state index < -0.39 is 0 Å². The van der Waals surface area contributed by atoms with Crippen molar-refractivity contribution in [2.24, 2.45) is 5.73 Å². The minimum atomic E-state index is -0.206. The molecular weight excluding hydrogens is 204 g/mol. The summed E-state index contributed by atoms with van der Waals surface area (Å²) >= 11 is 0. The fourth-order valence-electron chi connectivity index (χ4n) is 1.84. The minimum absolute atomic E-state index is 0.0812. The predicted octanol–water partition coefficient (Wildman–Crippen LogP) is 1.19. The number of nitrogens with two attached hydrogens (primary N) is 1. The largest absolute Gasteiger partial charge is 0.381 e. The van der Waals surface area contributed by atoms with E-state index in [2.05, 4.69) is 12.2 Å². The quantitative estimate of drug-likeness (QED) is 0.613. The SMILES string of the molecule is CCCOCCCNC(=O)CC1(N)CCC1. The van der Waals surface area contributed by atoms with Gasteiger partial charge in [0.15, 0.2) is 0 Å². The van der Waals surface area contributed by atoms with Gasteiger partial charge in [0.1, 0.15) is 0 Å². The van der Waals surface area contributed by atoms with Crippen LogP contribution < -0.4 is 11.1 Å². The van der Waals surface area contributed by atoms with E-state index in [-0.39, 0.29) is 11.4 Å². The van der Waals surface area contributed by atoms with Gasteiger partial charge in [-0.3, -0.25) is 4.79 Å². The molecule has 1 aliphatic rings. The van der Waals surface area contributed by atoms with Crippen LogP contribution in [0, 0.1) is 0 Å². The fraction of sp³-hybridized carbons (Fsp3) is 0.917. The highest BCUT2D eigenvalue weighted by Gasteiger charge is 2.34. The van der Waals surface area contributed by atoms with Gasteiger partial charge in [0.2, 0.25) is 5.91 Å². The lowest BCUT2D eigenvalue weighted by Gasteiger charge is -2.37. The number of carbonyl (C=O) groups excluding carboxylic acids is 1. The van der Waals surface area contributed by atoms with Crippen molar-refractivity contribution in [3.8, 4) is 0 Å². The summed E-state index contributed by atoms with van der Waals surface area (Å²) in [5, 5.41) is 2.88. The molecule has 1 aliphatic carbocycles. The summed E-state index contributed by atoms with van der Waals surface area (Å²) in [5.74, 6) is 0.0812. The second kappa shape index (κ2) is 6.86. The maximum atomic E-state index is 11.5. The van der Waals surface area contributed by atoms with Gasteiger partial charge in [0, 0.05) is 31.7 Å². The third kappa shape index (κ3) is 4.94. The number of ether oxygens (including phenoxy) is 1. The topological polar surface area (TPSA) is 64.3 Å². The van der Waals surface area contributed by atoms with Gasteiger partial charge in [-0.25, -0.2) is 0 Å². The van der Waals surface area contributed by atoms with Gasteiger partial charge in [0.25, 0.3) is 0 Å². The first kappa shape index (κ1) is 13.5. The zero-order valence-corrected chi connectivity index (χ0v) is 10.3. The third-order valence-corrected chi connectivity index (χ3v) is 3.00. The summed E-state index contributed by atoms with van der Waals surface area (Å²) < 4.78 is 5.32. The highest BCUT2D eigenvalue weighted by atomic mass is 16.5. The van der Waals surface area contributed by atoms with Gasteiger partial charge in [-0.15, -0.1) is 0 Å². The molecule has 0 aromatic rings. The first-order valence-corrected chi connectivity index (χ1v) is 6.30. The highest BCUT2D eigenvalue weighted by Crippen LogP contribution is 2.31. The molecule has 1 fully saturated rings. The Morgan fingerprint density at radius 3 is 2.75 bits per heavy atom. The van der Waals surface area contributed by atoms with Crippen molar-refractivity contribution in [3.05, 3.63) is 0 Å². The second-order valence-electron chi connectivity index (χ2n) is 4.71. The van der Waals surface area contributed by atoms with E-state index in [1.807, 2.05) is 0 Å². The summed E-state index contributed by atoms with van der Waals surface area (Å²) in [7, 11) is 0. The van der Waals surface area contributed by atoms with Crippen LogP contribution in [0.5, 0.6) is 0 Å². The van der Waals surface area contributed by atoms with Gasteiger partial charge >= 0.3 is 0 Å². The van der Waals surface area contributed by atoms with Gasteiger partial charge in [-0.05, 0) is 32.1 Å². The van der Waals surface area contributed by atoms with Crippen LogP contribution in [0.1, 0.15) is 45.4 Å². The molecule has 0 bridgehead atoms. The number of hydrogen-bond donors (Lipinski definition) is 2. The Balaban J connectivity index is 1.94. The molecule has 4 heteroatoms. The summed E-state index contributed by atoms with van der Waals surface area (Å²) in [6.45, 7) is 4.31. The molecule has 0 aliphatic heterocycles. The van der Waals surface area contributed by atoms with Crippen LogP contribution in [-0.2, 0) is 9.53 Å². The van der Waals surface area contributed by atoms with E-state index in [9.17, 15) is 4.79 Å². The average Bonchev–Trinajstić information content (AvgIpc) is 2.21. The maximum Gasteiger partial charge on any atom is 0.221 e. The monoisotopic (exact) mass is 228 g/mol. The molecule has 1 rings (SSSR count). The van der Waals surface area contributed by atoms with Crippen LogP contribution in [0.25, 0.3) is 0 Å². The zero-order chi connectivity index (χ0) is 11.9. The van der Waals surface area contributed by atoms with Crippen molar-refractivity contribution in [2.45, 2.75) is 51.0 Å². The van der Waals surface area contributed by atoms with E-state index in [1.54, 1.807) is 0 Å². The standard InChI is InChI=1S/C12H24N2O2/c1-2-8-16-9-4-7-14-11(15)10-12(13)5-3-6-12/h2-10,13H2,1H3,(H,14,15). The lowest BCUT2D eigenvalue weighted by Crippen LogP contribution is -2.50. The second-order valence-corrected chi connectivity index (χ2v) is 4.71. The predicted molar refractivity (Wildman–Crippen MR) is 64.1 cm³/mol. The first-order valence-electron chi connectivity index (χ1n) is 6.30. The van der Waals surface area contributed by atoms with Gasteiger partial charge in [-0.1, -0.05) is 6.92 Å². The Morgan fingerprint density at radius 2 is 2.19 bits per heavy atom. The molecule has 0 atom stereocenters. The van der Waals surface area contributed by atoms with Crippen molar-refractivity contribution in [2.75, 3.05) is 19.8 Å². The fourth-order valence-corrected chi connectivity index (χ4v) is 1.84. The van der Waals surface area contributed by atoms with Crippen molar-refractivity contribution < 1.29 is 9.53 Å². The third-order valence-electron chi connectivity index (χ3n) is 3.00. The molecule has 0 aromatic carbocycles. The maximum absolute atomic E-state index is 11.5. The number of nitrogens with one attached hydrogen (secondary N) is 1. The van der Waals surface area contributed by atoms with Gasteiger partial charge < -0.3 is 15.8 Å². The van der Waals surface area contributed by atoms with Crippen molar-refractivity contribution in [1.82, 2.24) is 5.32 Å². The summed E-state index contributed by atoms with van der Waals surface area (Å²) in [4.78, 5) is 11.5. The van der Waals surface area contributed by atoms with Crippen molar-refractivity contribution >= 4 is 5.91 Å². The van der Waals surface area contributed by atoms with Crippen LogP contribution in [0.15, 0.2) is 0 Å². The lowest BCUT2D eigenvalue weighted by atomic mass is 9.75. The van der Waals surface area contributed by atoms with E-state index in [0.717, 1.165) is 45.3 Å². The number of hydrogen-bond acceptors (Lipinski definition) is 3.